The zero-order valence-corrected chi connectivity index (χ0v) is 16.3. The number of hydrogen-bond donors (Lipinski definition) is 2. The molecular formula is C19H22FN7O2. The maximum Gasteiger partial charge on any atom is 0.255 e. The van der Waals surface area contributed by atoms with Crippen molar-refractivity contribution in [2.24, 2.45) is 7.05 Å². The van der Waals surface area contributed by atoms with Crippen molar-refractivity contribution in [2.45, 2.75) is 19.0 Å². The van der Waals surface area contributed by atoms with E-state index >= 15 is 4.39 Å². The number of likely N-dealkylation sites (N-methyl/N-ethyl adjacent to an activating group) is 1. The van der Waals surface area contributed by atoms with Crippen molar-refractivity contribution in [3.8, 4) is 0 Å². The molecule has 1 atom stereocenters. The highest BCUT2D eigenvalue weighted by atomic mass is 19.1. The Morgan fingerprint density at radius 2 is 2.31 bits per heavy atom. The predicted octanol–water partition coefficient (Wildman–Crippen LogP) is 1.16. The number of hydrogen-bond acceptors (Lipinski definition) is 6. The molecule has 0 bridgehead atoms. The van der Waals surface area contributed by atoms with Gasteiger partial charge in [-0.25, -0.2) is 9.37 Å². The second kappa shape index (κ2) is 7.19. The first-order valence-electron chi connectivity index (χ1n) is 9.29. The van der Waals surface area contributed by atoms with E-state index in [0.717, 1.165) is 0 Å². The molecule has 2 N–H and O–H groups in total. The Morgan fingerprint density at radius 3 is 3.00 bits per heavy atom. The first-order chi connectivity index (χ1) is 13.9. The van der Waals surface area contributed by atoms with E-state index < -0.39 is 5.82 Å². The highest BCUT2D eigenvalue weighted by Crippen LogP contribution is 2.34. The average molecular weight is 399 g/mol. The minimum Gasteiger partial charge on any atom is -0.352 e. The number of nitrogens with one attached hydrogen (secondary N) is 2. The van der Waals surface area contributed by atoms with Crippen molar-refractivity contribution in [3.63, 3.8) is 0 Å². The number of anilines is 3. The molecule has 2 aromatic rings. The number of carbonyl (C=O) groups excluding carboxylic acids is 2. The SMILES string of the molecule is C=CC(=O)N(C)C1CCN(c2nc(Nc3cnn(C)c3)c3c(c2F)CNC3=O)C1. The molecule has 2 aliphatic heterocycles. The van der Waals surface area contributed by atoms with Gasteiger partial charge in [0.2, 0.25) is 5.91 Å². The number of aryl methyl sites for hydroxylation is 1. The lowest BCUT2D eigenvalue weighted by Crippen LogP contribution is -2.38. The van der Waals surface area contributed by atoms with Gasteiger partial charge in [0, 0.05) is 45.5 Å². The van der Waals surface area contributed by atoms with E-state index in [1.165, 1.54) is 6.08 Å². The van der Waals surface area contributed by atoms with E-state index in [1.807, 2.05) is 4.90 Å². The van der Waals surface area contributed by atoms with E-state index in [9.17, 15) is 9.59 Å². The van der Waals surface area contributed by atoms with Gasteiger partial charge < -0.3 is 20.4 Å². The highest BCUT2D eigenvalue weighted by Gasteiger charge is 2.35. The fourth-order valence-electron chi connectivity index (χ4n) is 3.76. The predicted molar refractivity (Wildman–Crippen MR) is 105 cm³/mol. The fourth-order valence-corrected chi connectivity index (χ4v) is 3.76. The Morgan fingerprint density at radius 1 is 1.52 bits per heavy atom. The van der Waals surface area contributed by atoms with Crippen LogP contribution < -0.4 is 15.5 Å². The third kappa shape index (κ3) is 3.30. The van der Waals surface area contributed by atoms with E-state index in [4.69, 9.17) is 0 Å². The van der Waals surface area contributed by atoms with Gasteiger partial charge >= 0.3 is 0 Å². The zero-order valence-electron chi connectivity index (χ0n) is 16.3. The molecule has 0 radical (unpaired) electrons. The van der Waals surface area contributed by atoms with Crippen molar-refractivity contribution in [1.82, 2.24) is 25.0 Å². The van der Waals surface area contributed by atoms with Crippen LogP contribution >= 0.6 is 0 Å². The van der Waals surface area contributed by atoms with Gasteiger partial charge in [0.05, 0.1) is 23.5 Å². The van der Waals surface area contributed by atoms with Gasteiger partial charge in [-0.05, 0) is 12.5 Å². The molecule has 1 saturated heterocycles. The summed E-state index contributed by atoms with van der Waals surface area (Å²) in [4.78, 5) is 32.0. The molecule has 152 valence electrons. The molecular weight excluding hydrogens is 377 g/mol. The molecule has 10 heteroatoms. The largest absolute Gasteiger partial charge is 0.352 e. The van der Waals surface area contributed by atoms with Gasteiger partial charge in [-0.3, -0.25) is 14.3 Å². The number of pyridine rings is 1. The lowest BCUT2D eigenvalue weighted by atomic mass is 10.1. The van der Waals surface area contributed by atoms with Gasteiger partial charge in [0.25, 0.3) is 5.91 Å². The lowest BCUT2D eigenvalue weighted by molar-refractivity contribution is -0.126. The van der Waals surface area contributed by atoms with Crippen LogP contribution in [-0.2, 0) is 18.4 Å². The molecule has 29 heavy (non-hydrogen) atoms. The van der Waals surface area contributed by atoms with Crippen molar-refractivity contribution >= 4 is 29.1 Å². The summed E-state index contributed by atoms with van der Waals surface area (Å²) in [6, 6.07) is -0.0653. The Balaban J connectivity index is 1.68. The Bertz CT molecular complexity index is 1000. The summed E-state index contributed by atoms with van der Waals surface area (Å²) in [5.74, 6) is -0.576. The summed E-state index contributed by atoms with van der Waals surface area (Å²) in [5, 5.41) is 9.84. The first-order valence-corrected chi connectivity index (χ1v) is 9.29. The van der Waals surface area contributed by atoms with Crippen LogP contribution in [0.25, 0.3) is 0 Å². The summed E-state index contributed by atoms with van der Waals surface area (Å²) >= 11 is 0. The van der Waals surface area contributed by atoms with Crippen LogP contribution in [0.4, 0.5) is 21.7 Å². The number of amides is 2. The normalized spacial score (nSPS) is 17.8. The number of carbonyl (C=O) groups is 2. The summed E-state index contributed by atoms with van der Waals surface area (Å²) < 4.78 is 16.9. The van der Waals surface area contributed by atoms with E-state index in [0.29, 0.717) is 36.6 Å². The molecule has 2 amide bonds. The van der Waals surface area contributed by atoms with Crippen LogP contribution in [0, 0.1) is 5.82 Å². The summed E-state index contributed by atoms with van der Waals surface area (Å²) in [7, 11) is 3.49. The molecule has 2 aromatic heterocycles. The van der Waals surface area contributed by atoms with E-state index in [2.05, 4.69) is 27.3 Å². The molecule has 0 aliphatic carbocycles. The Kier molecular flexibility index (Phi) is 4.69. The Labute approximate surface area is 167 Å². The second-order valence-electron chi connectivity index (χ2n) is 7.20. The lowest BCUT2D eigenvalue weighted by Gasteiger charge is -2.25. The van der Waals surface area contributed by atoms with Crippen molar-refractivity contribution in [1.29, 1.82) is 0 Å². The molecule has 9 nitrogen and oxygen atoms in total. The van der Waals surface area contributed by atoms with E-state index in [-0.39, 0.29) is 35.8 Å². The monoisotopic (exact) mass is 399 g/mol. The summed E-state index contributed by atoms with van der Waals surface area (Å²) in [6.45, 7) is 4.63. The van der Waals surface area contributed by atoms with Crippen LogP contribution in [0.2, 0.25) is 0 Å². The first kappa shape index (κ1) is 18.9. The third-order valence-electron chi connectivity index (χ3n) is 5.37. The molecule has 2 aliphatic rings. The van der Waals surface area contributed by atoms with Crippen LogP contribution in [-0.4, -0.2) is 57.7 Å². The van der Waals surface area contributed by atoms with E-state index in [1.54, 1.807) is 36.1 Å². The van der Waals surface area contributed by atoms with Crippen molar-refractivity contribution in [3.05, 3.63) is 42.0 Å². The van der Waals surface area contributed by atoms with Crippen LogP contribution in [0.3, 0.4) is 0 Å². The second-order valence-corrected chi connectivity index (χ2v) is 7.20. The zero-order chi connectivity index (χ0) is 20.7. The third-order valence-corrected chi connectivity index (χ3v) is 5.37. The molecule has 4 heterocycles. The minimum atomic E-state index is -0.506. The summed E-state index contributed by atoms with van der Waals surface area (Å²) in [5.41, 5.74) is 1.16. The van der Waals surface area contributed by atoms with Gasteiger partial charge in [0.15, 0.2) is 11.6 Å². The molecule has 1 unspecified atom stereocenters. The van der Waals surface area contributed by atoms with Gasteiger partial charge in [0.1, 0.15) is 5.82 Å². The van der Waals surface area contributed by atoms with Crippen LogP contribution in [0.15, 0.2) is 25.0 Å². The van der Waals surface area contributed by atoms with Crippen molar-refractivity contribution < 1.29 is 14.0 Å². The molecule has 0 saturated carbocycles. The maximum atomic E-state index is 15.2. The van der Waals surface area contributed by atoms with Gasteiger partial charge in [-0.15, -0.1) is 0 Å². The molecule has 4 rings (SSSR count). The Hall–Kier alpha value is -3.43. The summed E-state index contributed by atoms with van der Waals surface area (Å²) in [6.07, 6.45) is 5.30. The number of nitrogens with zero attached hydrogens (tertiary/aromatic N) is 5. The highest BCUT2D eigenvalue weighted by molar-refractivity contribution is 6.03. The minimum absolute atomic E-state index is 0.0653. The van der Waals surface area contributed by atoms with Gasteiger partial charge in [-0.1, -0.05) is 6.58 Å². The fraction of sp³-hybridized carbons (Fsp3) is 0.368. The number of aromatic nitrogens is 3. The standard InChI is InChI=1S/C19H22FN7O2/c1-4-14(28)26(3)12-5-6-27(10-12)18-16(20)13-8-21-19(29)15(13)17(24-18)23-11-7-22-25(2)9-11/h4,7,9,12H,1,5-6,8,10H2,2-3H3,(H,21,29)(H,23,24). The topological polar surface area (TPSA) is 95.4 Å². The quantitative estimate of drug-likeness (QED) is 0.733. The van der Waals surface area contributed by atoms with Gasteiger partial charge in [-0.2, -0.15) is 5.10 Å². The average Bonchev–Trinajstić information content (AvgIpc) is 3.43. The molecule has 1 fully saturated rings. The number of halogens is 1. The number of rotatable bonds is 5. The smallest absolute Gasteiger partial charge is 0.255 e. The molecule has 0 aromatic carbocycles. The van der Waals surface area contributed by atoms with Crippen LogP contribution in [0.1, 0.15) is 22.3 Å². The van der Waals surface area contributed by atoms with Crippen molar-refractivity contribution in [2.75, 3.05) is 30.4 Å². The number of fused-ring (bicyclic) bond motifs is 1. The maximum absolute atomic E-state index is 15.2. The van der Waals surface area contributed by atoms with Crippen LogP contribution in [0.5, 0.6) is 0 Å². The molecule has 0 spiro atoms.